The molecule has 0 aliphatic carbocycles. The van der Waals surface area contributed by atoms with Crippen LogP contribution in [-0.4, -0.2) is 19.1 Å². The molecule has 1 atom stereocenters. The quantitative estimate of drug-likeness (QED) is 0.655. The van der Waals surface area contributed by atoms with Crippen molar-refractivity contribution >= 4 is 6.03 Å². The molecule has 0 aliphatic heterocycles. The largest absolute Gasteiger partial charge is 0.338 e. The van der Waals surface area contributed by atoms with Crippen molar-refractivity contribution in [3.8, 4) is 0 Å². The Hall–Kier alpha value is -0.730. The Morgan fingerprint density at radius 3 is 2.38 bits per heavy atom. The van der Waals surface area contributed by atoms with Gasteiger partial charge in [0.2, 0.25) is 0 Å². The van der Waals surface area contributed by atoms with Crippen molar-refractivity contribution in [3.05, 3.63) is 0 Å². The van der Waals surface area contributed by atoms with Gasteiger partial charge in [0.15, 0.2) is 0 Å². The highest BCUT2D eigenvalue weighted by Crippen LogP contribution is 2.08. The second-order valence-corrected chi connectivity index (χ2v) is 3.30. The molecular weight excluding hydrogens is 164 g/mol. The zero-order valence-corrected chi connectivity index (χ0v) is 9.02. The second kappa shape index (κ2) is 7.90. The Kier molecular flexibility index (Phi) is 7.45. The van der Waals surface area contributed by atoms with Crippen LogP contribution in [0.4, 0.5) is 4.79 Å². The molecule has 3 heteroatoms. The number of carbonyl (C=O) groups is 1. The molecule has 2 N–H and O–H groups in total. The van der Waals surface area contributed by atoms with Gasteiger partial charge in [0.25, 0.3) is 0 Å². The maximum absolute atomic E-state index is 11.0. The van der Waals surface area contributed by atoms with Crippen LogP contribution in [0.5, 0.6) is 0 Å². The number of nitrogens with one attached hydrogen (secondary N) is 2. The third-order valence-corrected chi connectivity index (χ3v) is 2.16. The molecule has 13 heavy (non-hydrogen) atoms. The summed E-state index contributed by atoms with van der Waals surface area (Å²) in [6.45, 7) is 7.75. The van der Waals surface area contributed by atoms with Crippen molar-refractivity contribution in [2.24, 2.45) is 5.92 Å². The third kappa shape index (κ3) is 6.43. The standard InChI is InChI=1S/C10H22N2O/c1-4-7-9(5-2)8-12-10(13)11-6-3/h9H,4-8H2,1-3H3,(H2,11,12,13). The fourth-order valence-electron chi connectivity index (χ4n) is 1.32. The molecule has 0 aromatic rings. The Labute approximate surface area is 81.3 Å². The molecule has 3 nitrogen and oxygen atoms in total. The zero-order chi connectivity index (χ0) is 10.1. The third-order valence-electron chi connectivity index (χ3n) is 2.16. The second-order valence-electron chi connectivity index (χ2n) is 3.30. The number of hydrogen-bond acceptors (Lipinski definition) is 1. The number of carbonyl (C=O) groups excluding carboxylic acids is 1. The number of rotatable bonds is 6. The van der Waals surface area contributed by atoms with E-state index < -0.39 is 0 Å². The molecule has 0 aliphatic rings. The lowest BCUT2D eigenvalue weighted by Crippen LogP contribution is -2.37. The van der Waals surface area contributed by atoms with Gasteiger partial charge in [0, 0.05) is 13.1 Å². The Bertz CT molecular complexity index is 137. The molecule has 0 rings (SSSR count). The number of amides is 2. The van der Waals surface area contributed by atoms with E-state index in [0.717, 1.165) is 13.0 Å². The fraction of sp³-hybridized carbons (Fsp3) is 0.900. The van der Waals surface area contributed by atoms with Gasteiger partial charge in [-0.25, -0.2) is 4.79 Å². The SMILES string of the molecule is CCCC(CC)CNC(=O)NCC. The lowest BCUT2D eigenvalue weighted by Gasteiger charge is -2.14. The molecule has 0 fully saturated rings. The van der Waals surface area contributed by atoms with Crippen LogP contribution in [0.3, 0.4) is 0 Å². The predicted octanol–water partition coefficient (Wildman–Crippen LogP) is 2.13. The van der Waals surface area contributed by atoms with Crippen LogP contribution in [0.25, 0.3) is 0 Å². The average Bonchev–Trinajstić information content (AvgIpc) is 2.12. The smallest absolute Gasteiger partial charge is 0.314 e. The van der Waals surface area contributed by atoms with Crippen molar-refractivity contribution in [3.63, 3.8) is 0 Å². The van der Waals surface area contributed by atoms with Gasteiger partial charge in [0.1, 0.15) is 0 Å². The summed E-state index contributed by atoms with van der Waals surface area (Å²) in [5, 5.41) is 5.59. The van der Waals surface area contributed by atoms with E-state index in [-0.39, 0.29) is 6.03 Å². The summed E-state index contributed by atoms with van der Waals surface area (Å²) in [7, 11) is 0. The first kappa shape index (κ1) is 12.3. The highest BCUT2D eigenvalue weighted by molar-refractivity contribution is 5.73. The summed E-state index contributed by atoms with van der Waals surface area (Å²) in [6.07, 6.45) is 3.53. The Morgan fingerprint density at radius 2 is 1.92 bits per heavy atom. The molecule has 0 radical (unpaired) electrons. The van der Waals surface area contributed by atoms with Crippen LogP contribution < -0.4 is 10.6 Å². The minimum atomic E-state index is -0.0444. The summed E-state index contributed by atoms with van der Waals surface area (Å²) >= 11 is 0. The molecule has 0 saturated carbocycles. The van der Waals surface area contributed by atoms with Crippen molar-refractivity contribution < 1.29 is 4.79 Å². The highest BCUT2D eigenvalue weighted by Gasteiger charge is 2.06. The van der Waals surface area contributed by atoms with Crippen LogP contribution in [-0.2, 0) is 0 Å². The van der Waals surface area contributed by atoms with E-state index in [1.165, 1.54) is 12.8 Å². The first-order valence-corrected chi connectivity index (χ1v) is 5.26. The van der Waals surface area contributed by atoms with E-state index in [1.807, 2.05) is 6.92 Å². The molecular formula is C10H22N2O. The maximum atomic E-state index is 11.0. The van der Waals surface area contributed by atoms with Crippen LogP contribution in [0.1, 0.15) is 40.0 Å². The molecule has 0 aromatic heterocycles. The van der Waals surface area contributed by atoms with Crippen LogP contribution in [0.15, 0.2) is 0 Å². The van der Waals surface area contributed by atoms with Gasteiger partial charge >= 0.3 is 6.03 Å². The highest BCUT2D eigenvalue weighted by atomic mass is 16.2. The summed E-state index contributed by atoms with van der Waals surface area (Å²) in [6, 6.07) is -0.0444. The zero-order valence-electron chi connectivity index (χ0n) is 9.02. The van der Waals surface area contributed by atoms with Gasteiger partial charge < -0.3 is 10.6 Å². The molecule has 0 aromatic carbocycles. The summed E-state index contributed by atoms with van der Waals surface area (Å²) in [4.78, 5) is 11.0. The van der Waals surface area contributed by atoms with Gasteiger partial charge in [-0.15, -0.1) is 0 Å². The predicted molar refractivity (Wildman–Crippen MR) is 55.8 cm³/mol. The molecule has 0 bridgehead atoms. The Morgan fingerprint density at radius 1 is 1.23 bits per heavy atom. The van der Waals surface area contributed by atoms with E-state index >= 15 is 0 Å². The lowest BCUT2D eigenvalue weighted by atomic mass is 10.0. The summed E-state index contributed by atoms with van der Waals surface area (Å²) < 4.78 is 0. The molecule has 0 heterocycles. The van der Waals surface area contributed by atoms with E-state index in [9.17, 15) is 4.79 Å². The number of hydrogen-bond donors (Lipinski definition) is 2. The van der Waals surface area contributed by atoms with Gasteiger partial charge in [-0.3, -0.25) is 0 Å². The van der Waals surface area contributed by atoms with Crippen molar-refractivity contribution in [2.45, 2.75) is 40.0 Å². The van der Waals surface area contributed by atoms with Crippen molar-refractivity contribution in [1.29, 1.82) is 0 Å². The summed E-state index contributed by atoms with van der Waals surface area (Å²) in [5.41, 5.74) is 0. The van der Waals surface area contributed by atoms with Gasteiger partial charge in [-0.1, -0.05) is 26.7 Å². The fourth-order valence-corrected chi connectivity index (χ4v) is 1.32. The van der Waals surface area contributed by atoms with E-state index in [0.29, 0.717) is 12.5 Å². The molecule has 0 saturated heterocycles. The Balaban J connectivity index is 3.52. The average molecular weight is 186 g/mol. The normalized spacial score (nSPS) is 12.2. The van der Waals surface area contributed by atoms with E-state index in [2.05, 4.69) is 24.5 Å². The van der Waals surface area contributed by atoms with Crippen LogP contribution in [0.2, 0.25) is 0 Å². The molecule has 1 unspecified atom stereocenters. The van der Waals surface area contributed by atoms with Crippen molar-refractivity contribution in [1.82, 2.24) is 10.6 Å². The molecule has 0 spiro atoms. The van der Waals surface area contributed by atoms with Gasteiger partial charge in [0.05, 0.1) is 0 Å². The molecule has 2 amide bonds. The van der Waals surface area contributed by atoms with Crippen LogP contribution in [0, 0.1) is 5.92 Å². The minimum absolute atomic E-state index is 0.0444. The van der Waals surface area contributed by atoms with E-state index in [4.69, 9.17) is 0 Å². The number of urea groups is 1. The van der Waals surface area contributed by atoms with Gasteiger partial charge in [-0.2, -0.15) is 0 Å². The first-order chi connectivity index (χ1) is 6.24. The molecule has 78 valence electrons. The van der Waals surface area contributed by atoms with E-state index in [1.54, 1.807) is 0 Å². The topological polar surface area (TPSA) is 41.1 Å². The maximum Gasteiger partial charge on any atom is 0.314 e. The van der Waals surface area contributed by atoms with Gasteiger partial charge in [-0.05, 0) is 19.3 Å². The first-order valence-electron chi connectivity index (χ1n) is 5.26. The lowest BCUT2D eigenvalue weighted by molar-refractivity contribution is 0.238. The summed E-state index contributed by atoms with van der Waals surface area (Å²) in [5.74, 6) is 0.632. The van der Waals surface area contributed by atoms with Crippen molar-refractivity contribution in [2.75, 3.05) is 13.1 Å². The minimum Gasteiger partial charge on any atom is -0.338 e. The monoisotopic (exact) mass is 186 g/mol. The van der Waals surface area contributed by atoms with Crippen LogP contribution >= 0.6 is 0 Å².